The topological polar surface area (TPSA) is 68.7 Å². The summed E-state index contributed by atoms with van der Waals surface area (Å²) < 4.78 is 24.3. The quantitative estimate of drug-likeness (QED) is 0.741. The Bertz CT molecular complexity index is 619. The van der Waals surface area contributed by atoms with Crippen LogP contribution >= 0.6 is 22.9 Å². The van der Waals surface area contributed by atoms with Crippen LogP contribution in [0.3, 0.4) is 0 Å². The van der Waals surface area contributed by atoms with Crippen molar-refractivity contribution in [2.45, 2.75) is 16.7 Å². The maximum Gasteiger partial charge on any atom is 0.184 e. The van der Waals surface area contributed by atoms with Gasteiger partial charge in [0, 0.05) is 5.02 Å². The third-order valence-electron chi connectivity index (χ3n) is 2.62. The fourth-order valence-corrected chi connectivity index (χ4v) is 4.15. The molecule has 116 valence electrons. The van der Waals surface area contributed by atoms with Crippen molar-refractivity contribution in [1.82, 2.24) is 4.98 Å². The standard InChI is InChI=1S/C13H16ClNO4S2/c1-9(19-7-6-18-5-4-16)21(17)13-15-11-8-10(14)2-3-12(11)20-13/h2-3,8-9,16H,4-7H2,1H3. The second-order valence-electron chi connectivity index (χ2n) is 4.16. The molecule has 0 aliphatic carbocycles. The van der Waals surface area contributed by atoms with Crippen LogP contribution in [0.4, 0.5) is 0 Å². The average molecular weight is 350 g/mol. The fraction of sp³-hybridized carbons (Fsp3) is 0.462. The number of thiazole rings is 1. The molecule has 1 N–H and O–H groups in total. The highest BCUT2D eigenvalue weighted by molar-refractivity contribution is 7.87. The summed E-state index contributed by atoms with van der Waals surface area (Å²) in [5.74, 6) is 0. The van der Waals surface area contributed by atoms with Gasteiger partial charge in [-0.1, -0.05) is 11.6 Å². The molecule has 5 nitrogen and oxygen atoms in total. The minimum atomic E-state index is -1.34. The summed E-state index contributed by atoms with van der Waals surface area (Å²) in [5.41, 5.74) is 0.271. The predicted octanol–water partition coefficient (Wildman–Crippen LogP) is 2.43. The number of nitrogens with zero attached hydrogens (tertiary/aromatic N) is 1. The number of aliphatic hydroxyl groups excluding tert-OH is 1. The van der Waals surface area contributed by atoms with E-state index in [0.717, 1.165) is 10.2 Å². The molecule has 2 rings (SSSR count). The molecule has 2 unspecified atom stereocenters. The smallest absolute Gasteiger partial charge is 0.184 e. The molecular formula is C13H16ClNO4S2. The van der Waals surface area contributed by atoms with Gasteiger partial charge in [0.1, 0.15) is 16.2 Å². The van der Waals surface area contributed by atoms with Crippen LogP contribution in [0.2, 0.25) is 5.02 Å². The molecule has 0 radical (unpaired) electrons. The molecule has 0 amide bonds. The zero-order valence-electron chi connectivity index (χ0n) is 11.5. The second kappa shape index (κ2) is 8.17. The summed E-state index contributed by atoms with van der Waals surface area (Å²) in [4.78, 5) is 4.34. The van der Waals surface area contributed by atoms with Crippen molar-refractivity contribution in [3.8, 4) is 0 Å². The van der Waals surface area contributed by atoms with Gasteiger partial charge in [-0.05, 0) is 25.1 Å². The van der Waals surface area contributed by atoms with Gasteiger partial charge in [0.05, 0.1) is 36.6 Å². The van der Waals surface area contributed by atoms with Crippen LogP contribution in [0, 0.1) is 0 Å². The third kappa shape index (κ3) is 4.70. The largest absolute Gasteiger partial charge is 0.394 e. The van der Waals surface area contributed by atoms with Gasteiger partial charge in [-0.15, -0.1) is 11.3 Å². The number of hydrogen-bond acceptors (Lipinski definition) is 6. The summed E-state index contributed by atoms with van der Waals surface area (Å²) in [5, 5.41) is 9.18. The molecule has 8 heteroatoms. The van der Waals surface area contributed by atoms with Crippen molar-refractivity contribution in [3.63, 3.8) is 0 Å². The second-order valence-corrected chi connectivity index (χ2v) is 7.53. The number of aliphatic hydroxyl groups is 1. The van der Waals surface area contributed by atoms with Crippen LogP contribution in [0.1, 0.15) is 6.92 Å². The van der Waals surface area contributed by atoms with E-state index in [0.29, 0.717) is 22.6 Å². The Morgan fingerprint density at radius 3 is 3.00 bits per heavy atom. The van der Waals surface area contributed by atoms with Crippen LogP contribution in [-0.2, 0) is 20.3 Å². The van der Waals surface area contributed by atoms with Gasteiger partial charge in [-0.25, -0.2) is 9.19 Å². The first-order chi connectivity index (χ1) is 10.1. The van der Waals surface area contributed by atoms with Gasteiger partial charge in [0.2, 0.25) is 0 Å². The minimum Gasteiger partial charge on any atom is -0.394 e. The number of ether oxygens (including phenoxy) is 2. The van der Waals surface area contributed by atoms with E-state index in [1.807, 2.05) is 6.07 Å². The van der Waals surface area contributed by atoms with E-state index in [9.17, 15) is 4.21 Å². The van der Waals surface area contributed by atoms with Crippen LogP contribution in [0.5, 0.6) is 0 Å². The molecule has 2 aromatic rings. The van der Waals surface area contributed by atoms with E-state index < -0.39 is 16.2 Å². The van der Waals surface area contributed by atoms with Gasteiger partial charge in [0.15, 0.2) is 4.34 Å². The average Bonchev–Trinajstić information content (AvgIpc) is 2.88. The van der Waals surface area contributed by atoms with E-state index >= 15 is 0 Å². The van der Waals surface area contributed by atoms with Gasteiger partial charge >= 0.3 is 0 Å². The summed E-state index contributed by atoms with van der Waals surface area (Å²) in [7, 11) is -1.34. The normalized spacial score (nSPS) is 14.4. The number of halogens is 1. The third-order valence-corrected chi connectivity index (χ3v) is 5.60. The number of hydrogen-bond donors (Lipinski definition) is 1. The Balaban J connectivity index is 1.94. The van der Waals surface area contributed by atoms with Crippen molar-refractivity contribution in [1.29, 1.82) is 0 Å². The van der Waals surface area contributed by atoms with Crippen LogP contribution in [0.25, 0.3) is 10.2 Å². The molecular weight excluding hydrogens is 334 g/mol. The number of rotatable bonds is 8. The van der Waals surface area contributed by atoms with Crippen LogP contribution < -0.4 is 0 Å². The van der Waals surface area contributed by atoms with E-state index in [-0.39, 0.29) is 13.2 Å². The van der Waals surface area contributed by atoms with E-state index in [4.69, 9.17) is 26.2 Å². The van der Waals surface area contributed by atoms with Crippen molar-refractivity contribution in [2.75, 3.05) is 26.4 Å². The van der Waals surface area contributed by atoms with Gasteiger partial charge in [0.25, 0.3) is 0 Å². The number of aromatic nitrogens is 1. The minimum absolute atomic E-state index is 0.0181. The molecule has 1 aromatic heterocycles. The van der Waals surface area contributed by atoms with Crippen LogP contribution in [0.15, 0.2) is 22.5 Å². The highest BCUT2D eigenvalue weighted by Crippen LogP contribution is 2.28. The maximum atomic E-state index is 12.3. The van der Waals surface area contributed by atoms with Crippen LogP contribution in [-0.4, -0.2) is 46.2 Å². The molecule has 21 heavy (non-hydrogen) atoms. The van der Waals surface area contributed by atoms with E-state index in [2.05, 4.69) is 4.98 Å². The Morgan fingerprint density at radius 1 is 1.43 bits per heavy atom. The SMILES string of the molecule is CC(OCCOCCO)S(=O)c1nc2cc(Cl)ccc2s1. The lowest BCUT2D eigenvalue weighted by Crippen LogP contribution is -2.18. The molecule has 0 bridgehead atoms. The fourth-order valence-electron chi connectivity index (χ4n) is 1.61. The monoisotopic (exact) mass is 349 g/mol. The zero-order chi connectivity index (χ0) is 15.2. The summed E-state index contributed by atoms with van der Waals surface area (Å²) in [6, 6.07) is 5.40. The van der Waals surface area contributed by atoms with Gasteiger partial charge in [-0.2, -0.15) is 0 Å². The number of fused-ring (bicyclic) bond motifs is 1. The van der Waals surface area contributed by atoms with E-state index in [1.54, 1.807) is 19.1 Å². The van der Waals surface area contributed by atoms with Crippen molar-refractivity contribution in [3.05, 3.63) is 23.2 Å². The highest BCUT2D eigenvalue weighted by Gasteiger charge is 2.18. The molecule has 1 aromatic carbocycles. The Kier molecular flexibility index (Phi) is 6.53. The zero-order valence-corrected chi connectivity index (χ0v) is 13.8. The number of benzene rings is 1. The predicted molar refractivity (Wildman–Crippen MR) is 84.4 cm³/mol. The lowest BCUT2D eigenvalue weighted by atomic mass is 10.3. The molecule has 2 atom stereocenters. The lowest BCUT2D eigenvalue weighted by molar-refractivity contribution is 0.0278. The molecule has 0 aliphatic rings. The van der Waals surface area contributed by atoms with Gasteiger partial charge < -0.3 is 14.6 Å². The van der Waals surface area contributed by atoms with E-state index in [1.165, 1.54) is 11.3 Å². The molecule has 0 spiro atoms. The molecule has 0 saturated carbocycles. The summed E-state index contributed by atoms with van der Waals surface area (Å²) in [6.07, 6.45) is 0. The summed E-state index contributed by atoms with van der Waals surface area (Å²) in [6.45, 7) is 2.68. The van der Waals surface area contributed by atoms with Crippen molar-refractivity contribution < 1.29 is 18.8 Å². The first kappa shape index (κ1) is 16.8. The first-order valence-corrected chi connectivity index (χ1v) is 8.79. The van der Waals surface area contributed by atoms with Crippen molar-refractivity contribution in [2.24, 2.45) is 0 Å². The maximum absolute atomic E-state index is 12.3. The first-order valence-electron chi connectivity index (χ1n) is 6.38. The molecule has 1 heterocycles. The van der Waals surface area contributed by atoms with Crippen molar-refractivity contribution >= 4 is 44.0 Å². The van der Waals surface area contributed by atoms with Gasteiger partial charge in [-0.3, -0.25) is 0 Å². The Labute approximate surface area is 134 Å². The molecule has 0 saturated heterocycles. The molecule has 0 fully saturated rings. The summed E-state index contributed by atoms with van der Waals surface area (Å²) >= 11 is 7.29. The highest BCUT2D eigenvalue weighted by atomic mass is 35.5. The Hall–Kier alpha value is -0.570. The molecule has 0 aliphatic heterocycles. The lowest BCUT2D eigenvalue weighted by Gasteiger charge is -2.11. The Morgan fingerprint density at radius 2 is 2.24 bits per heavy atom.